The number of pyridine rings is 1. The van der Waals surface area contributed by atoms with Crippen molar-refractivity contribution in [2.45, 2.75) is 24.3 Å². The number of nitrogens with one attached hydrogen (secondary N) is 2. The van der Waals surface area contributed by atoms with Crippen molar-refractivity contribution >= 4 is 46.1 Å². The number of hydrogen-bond donors (Lipinski definition) is 2. The van der Waals surface area contributed by atoms with Gasteiger partial charge in [0.1, 0.15) is 0 Å². The van der Waals surface area contributed by atoms with E-state index in [1.807, 2.05) is 38.1 Å². The van der Waals surface area contributed by atoms with Crippen molar-refractivity contribution in [1.82, 2.24) is 15.0 Å². The van der Waals surface area contributed by atoms with Gasteiger partial charge in [-0.25, -0.2) is 9.97 Å². The van der Waals surface area contributed by atoms with E-state index in [4.69, 9.17) is 11.6 Å². The molecule has 5 nitrogen and oxygen atoms in total. The van der Waals surface area contributed by atoms with Gasteiger partial charge in [-0.05, 0) is 43.7 Å². The number of carbonyl (C=O) groups is 1. The summed E-state index contributed by atoms with van der Waals surface area (Å²) in [6.07, 6.45) is 1.69. The molecule has 0 radical (unpaired) electrons. The number of nitrogens with zero attached hydrogens (tertiary/aromatic N) is 2. The first-order valence-corrected chi connectivity index (χ1v) is 8.33. The largest absolute Gasteiger partial charge is 0.332 e. The molecule has 0 aliphatic rings. The smallest absolute Gasteiger partial charge is 0.237 e. The molecule has 3 rings (SSSR count). The Kier molecular flexibility index (Phi) is 4.54. The predicted molar refractivity (Wildman–Crippen MR) is 94.0 cm³/mol. The molecule has 1 unspecified atom stereocenters. The number of aromatic nitrogens is 3. The van der Waals surface area contributed by atoms with Crippen LogP contribution in [0.4, 0.5) is 5.69 Å². The molecule has 0 bridgehead atoms. The van der Waals surface area contributed by atoms with Crippen molar-refractivity contribution in [3.63, 3.8) is 0 Å². The number of H-pyrrole nitrogens is 1. The summed E-state index contributed by atoms with van der Waals surface area (Å²) in [6, 6.07) is 9.19. The lowest BCUT2D eigenvalue weighted by atomic mass is 10.2. The third kappa shape index (κ3) is 3.48. The van der Waals surface area contributed by atoms with E-state index in [0.717, 1.165) is 16.8 Å². The molecular formula is C16H15ClN4OS. The van der Waals surface area contributed by atoms with Crippen LogP contribution in [-0.4, -0.2) is 26.1 Å². The molecule has 1 atom stereocenters. The van der Waals surface area contributed by atoms with Gasteiger partial charge in [0.25, 0.3) is 0 Å². The van der Waals surface area contributed by atoms with Crippen molar-refractivity contribution < 1.29 is 4.79 Å². The van der Waals surface area contributed by atoms with Gasteiger partial charge in [-0.3, -0.25) is 4.79 Å². The van der Waals surface area contributed by atoms with Crippen molar-refractivity contribution in [1.29, 1.82) is 0 Å². The third-order valence-electron chi connectivity index (χ3n) is 3.42. The minimum absolute atomic E-state index is 0.103. The maximum absolute atomic E-state index is 12.4. The normalized spacial score (nSPS) is 12.3. The second-order valence-corrected chi connectivity index (χ2v) is 6.81. The molecule has 0 fully saturated rings. The molecule has 3 aromatic rings. The first kappa shape index (κ1) is 15.8. The van der Waals surface area contributed by atoms with Crippen LogP contribution in [-0.2, 0) is 4.79 Å². The second kappa shape index (κ2) is 6.60. The Balaban J connectivity index is 1.71. The Morgan fingerprint density at radius 1 is 1.35 bits per heavy atom. The average molecular weight is 347 g/mol. The van der Waals surface area contributed by atoms with Crippen LogP contribution < -0.4 is 5.32 Å². The second-order valence-electron chi connectivity index (χ2n) is 5.08. The monoisotopic (exact) mass is 346 g/mol. The highest BCUT2D eigenvalue weighted by molar-refractivity contribution is 8.00. The highest BCUT2D eigenvalue weighted by Gasteiger charge is 2.18. The fraction of sp³-hybridized carbons (Fsp3) is 0.188. The van der Waals surface area contributed by atoms with E-state index in [-0.39, 0.29) is 11.2 Å². The highest BCUT2D eigenvalue weighted by Crippen LogP contribution is 2.26. The van der Waals surface area contributed by atoms with Gasteiger partial charge in [-0.15, -0.1) is 0 Å². The van der Waals surface area contributed by atoms with Crippen molar-refractivity contribution in [2.24, 2.45) is 0 Å². The molecule has 0 aliphatic carbocycles. The number of rotatable bonds is 4. The number of halogens is 1. The Morgan fingerprint density at radius 3 is 2.96 bits per heavy atom. The van der Waals surface area contributed by atoms with Gasteiger partial charge in [-0.2, -0.15) is 0 Å². The van der Waals surface area contributed by atoms with Crippen LogP contribution >= 0.6 is 23.4 Å². The number of amides is 1. The molecular weight excluding hydrogens is 332 g/mol. The van der Waals surface area contributed by atoms with Gasteiger partial charge < -0.3 is 10.3 Å². The number of aromatic amines is 1. The van der Waals surface area contributed by atoms with E-state index in [1.54, 1.807) is 12.3 Å². The Morgan fingerprint density at radius 2 is 2.17 bits per heavy atom. The van der Waals surface area contributed by atoms with Gasteiger partial charge in [-0.1, -0.05) is 29.4 Å². The van der Waals surface area contributed by atoms with Crippen LogP contribution in [0, 0.1) is 6.92 Å². The van der Waals surface area contributed by atoms with Gasteiger partial charge in [0.15, 0.2) is 10.8 Å². The summed E-state index contributed by atoms with van der Waals surface area (Å²) in [4.78, 5) is 24.1. The maximum Gasteiger partial charge on any atom is 0.237 e. The SMILES string of the molecule is Cc1c(Cl)cccc1NC(=O)C(C)Sc1nc2ncccc2[nH]1. The molecule has 2 N–H and O–H groups in total. The predicted octanol–water partition coefficient (Wildman–Crippen LogP) is 4.04. The first-order valence-electron chi connectivity index (χ1n) is 7.08. The number of imidazole rings is 1. The summed E-state index contributed by atoms with van der Waals surface area (Å²) in [5.41, 5.74) is 3.08. The molecule has 0 aliphatic heterocycles. The molecule has 1 amide bonds. The van der Waals surface area contributed by atoms with Crippen molar-refractivity contribution in [2.75, 3.05) is 5.32 Å². The lowest BCUT2D eigenvalue weighted by Gasteiger charge is -2.13. The van der Waals surface area contributed by atoms with Crippen LogP contribution in [0.3, 0.4) is 0 Å². The number of fused-ring (bicyclic) bond motifs is 1. The fourth-order valence-corrected chi connectivity index (χ4v) is 3.06. The van der Waals surface area contributed by atoms with Crippen LogP contribution in [0.5, 0.6) is 0 Å². The Labute approximate surface area is 142 Å². The molecule has 23 heavy (non-hydrogen) atoms. The summed E-state index contributed by atoms with van der Waals surface area (Å²) in [5, 5.41) is 3.89. The molecule has 2 heterocycles. The van der Waals surface area contributed by atoms with Gasteiger partial charge in [0, 0.05) is 16.9 Å². The zero-order chi connectivity index (χ0) is 16.4. The summed E-state index contributed by atoms with van der Waals surface area (Å²) in [7, 11) is 0. The first-order chi connectivity index (χ1) is 11.0. The molecule has 7 heteroatoms. The zero-order valence-corrected chi connectivity index (χ0v) is 14.2. The summed E-state index contributed by atoms with van der Waals surface area (Å²) in [5.74, 6) is -0.103. The highest BCUT2D eigenvalue weighted by atomic mass is 35.5. The van der Waals surface area contributed by atoms with Crippen LogP contribution in [0.15, 0.2) is 41.7 Å². The molecule has 118 valence electrons. The maximum atomic E-state index is 12.4. The minimum Gasteiger partial charge on any atom is -0.332 e. The third-order valence-corrected chi connectivity index (χ3v) is 4.81. The Bertz CT molecular complexity index is 831. The number of hydrogen-bond acceptors (Lipinski definition) is 4. The number of anilines is 1. The number of thioether (sulfide) groups is 1. The van der Waals surface area contributed by atoms with Crippen molar-refractivity contribution in [3.8, 4) is 0 Å². The van der Waals surface area contributed by atoms with Crippen LogP contribution in [0.2, 0.25) is 5.02 Å². The molecule has 0 saturated heterocycles. The van der Waals surface area contributed by atoms with Crippen LogP contribution in [0.1, 0.15) is 12.5 Å². The van der Waals surface area contributed by atoms with Gasteiger partial charge >= 0.3 is 0 Å². The topological polar surface area (TPSA) is 70.7 Å². The van der Waals surface area contributed by atoms with Gasteiger partial charge in [0.2, 0.25) is 5.91 Å². The summed E-state index contributed by atoms with van der Waals surface area (Å²) < 4.78 is 0. The summed E-state index contributed by atoms with van der Waals surface area (Å²) >= 11 is 7.43. The lowest BCUT2D eigenvalue weighted by Crippen LogP contribution is -2.23. The lowest BCUT2D eigenvalue weighted by molar-refractivity contribution is -0.115. The van der Waals surface area contributed by atoms with E-state index in [2.05, 4.69) is 20.3 Å². The fourth-order valence-electron chi connectivity index (χ4n) is 2.08. The standard InChI is InChI=1S/C16H15ClN4OS/c1-9-11(17)5-3-6-12(9)19-15(22)10(2)23-16-20-13-7-4-8-18-14(13)21-16/h3-8,10H,1-2H3,(H,19,22)(H,18,20,21). The molecule has 0 spiro atoms. The molecule has 0 saturated carbocycles. The van der Waals surface area contributed by atoms with E-state index < -0.39 is 0 Å². The summed E-state index contributed by atoms with van der Waals surface area (Å²) in [6.45, 7) is 3.71. The Hall–Kier alpha value is -2.05. The number of benzene rings is 1. The van der Waals surface area contributed by atoms with Crippen molar-refractivity contribution in [3.05, 3.63) is 47.1 Å². The average Bonchev–Trinajstić information content (AvgIpc) is 2.93. The zero-order valence-electron chi connectivity index (χ0n) is 12.6. The molecule has 1 aromatic carbocycles. The van der Waals surface area contributed by atoms with E-state index >= 15 is 0 Å². The molecule has 2 aromatic heterocycles. The quantitative estimate of drug-likeness (QED) is 0.699. The van der Waals surface area contributed by atoms with Gasteiger partial charge in [0.05, 0.1) is 10.8 Å². The van der Waals surface area contributed by atoms with E-state index in [0.29, 0.717) is 15.8 Å². The van der Waals surface area contributed by atoms with E-state index in [9.17, 15) is 4.79 Å². The van der Waals surface area contributed by atoms with Crippen LogP contribution in [0.25, 0.3) is 11.2 Å². The number of carbonyl (C=O) groups excluding carboxylic acids is 1. The van der Waals surface area contributed by atoms with E-state index in [1.165, 1.54) is 11.8 Å². The minimum atomic E-state index is -0.311.